The Morgan fingerprint density at radius 1 is 1.15 bits per heavy atom. The third-order valence-corrected chi connectivity index (χ3v) is 2.41. The van der Waals surface area contributed by atoms with Crippen LogP contribution in [0.2, 0.25) is 0 Å². The second-order valence-corrected chi connectivity index (χ2v) is 3.68. The maximum Gasteiger partial charge on any atom is 0.153 e. The first-order chi connectivity index (χ1) is 9.65. The van der Waals surface area contributed by atoms with Crippen molar-refractivity contribution in [3.05, 3.63) is 46.7 Å². The van der Waals surface area contributed by atoms with Crippen molar-refractivity contribution in [1.29, 1.82) is 15.8 Å². The van der Waals surface area contributed by atoms with Crippen LogP contribution in [0.5, 0.6) is 5.75 Å². The highest BCUT2D eigenvalue weighted by Gasteiger charge is 2.07. The summed E-state index contributed by atoms with van der Waals surface area (Å²) in [6.07, 6.45) is 1.51. The van der Waals surface area contributed by atoms with Crippen LogP contribution in [0.25, 0.3) is 6.08 Å². The fraction of sp³-hybridized carbons (Fsp3) is 0.133. The molecule has 0 aliphatic rings. The number of nitriles is 3. The summed E-state index contributed by atoms with van der Waals surface area (Å²) < 4.78 is 5.31. The Hall–Kier alpha value is -3.23. The standard InChI is InChI=1S/C15H12N4O/c1-2-20-14-5-3-11(4-6-14)7-12(8-16)15(19)13(9-17)10-18/h3-7H,2,19H2,1H3/b12-7+. The zero-order valence-electron chi connectivity index (χ0n) is 10.9. The number of hydrogen-bond acceptors (Lipinski definition) is 5. The number of ether oxygens (including phenoxy) is 1. The Bertz CT molecular complexity index is 648. The minimum atomic E-state index is -0.274. The van der Waals surface area contributed by atoms with Gasteiger partial charge in [0.2, 0.25) is 0 Å². The van der Waals surface area contributed by atoms with Crippen molar-refractivity contribution in [3.63, 3.8) is 0 Å². The molecular weight excluding hydrogens is 252 g/mol. The molecule has 20 heavy (non-hydrogen) atoms. The van der Waals surface area contributed by atoms with Crippen LogP contribution >= 0.6 is 0 Å². The first kappa shape index (κ1) is 14.8. The van der Waals surface area contributed by atoms with Gasteiger partial charge in [-0.05, 0) is 30.7 Å². The van der Waals surface area contributed by atoms with Crippen molar-refractivity contribution >= 4 is 6.08 Å². The van der Waals surface area contributed by atoms with Crippen molar-refractivity contribution in [2.75, 3.05) is 6.61 Å². The molecule has 5 nitrogen and oxygen atoms in total. The Morgan fingerprint density at radius 3 is 2.20 bits per heavy atom. The van der Waals surface area contributed by atoms with E-state index in [1.807, 2.05) is 13.0 Å². The molecule has 0 bridgehead atoms. The number of allylic oxidation sites excluding steroid dienone is 2. The minimum Gasteiger partial charge on any atom is -0.494 e. The van der Waals surface area contributed by atoms with E-state index in [4.69, 9.17) is 26.3 Å². The lowest BCUT2D eigenvalue weighted by molar-refractivity contribution is 0.340. The molecule has 0 unspecified atom stereocenters. The summed E-state index contributed by atoms with van der Waals surface area (Å²) in [5.41, 5.74) is 6.05. The molecule has 0 amide bonds. The van der Waals surface area contributed by atoms with Gasteiger partial charge < -0.3 is 10.5 Å². The highest BCUT2D eigenvalue weighted by Crippen LogP contribution is 2.17. The summed E-state index contributed by atoms with van der Waals surface area (Å²) in [6, 6.07) is 12.2. The molecule has 1 rings (SSSR count). The Morgan fingerprint density at radius 2 is 1.75 bits per heavy atom. The first-order valence-corrected chi connectivity index (χ1v) is 5.81. The SMILES string of the molecule is CCOc1ccc(/C=C(\C#N)C(N)=C(C#N)C#N)cc1. The topological polar surface area (TPSA) is 107 Å². The molecule has 5 heteroatoms. The summed E-state index contributed by atoms with van der Waals surface area (Å²) in [6.45, 7) is 2.46. The van der Waals surface area contributed by atoms with E-state index in [2.05, 4.69) is 0 Å². The lowest BCUT2D eigenvalue weighted by Gasteiger charge is -2.03. The number of rotatable bonds is 4. The predicted octanol–water partition coefficient (Wildman–Crippen LogP) is 2.25. The van der Waals surface area contributed by atoms with E-state index in [0.29, 0.717) is 6.61 Å². The lowest BCUT2D eigenvalue weighted by Crippen LogP contribution is -2.03. The molecule has 98 valence electrons. The van der Waals surface area contributed by atoms with E-state index in [1.165, 1.54) is 6.08 Å². The van der Waals surface area contributed by atoms with Gasteiger partial charge in [0.15, 0.2) is 5.57 Å². The zero-order chi connectivity index (χ0) is 15.0. The average molecular weight is 264 g/mol. The summed E-state index contributed by atoms with van der Waals surface area (Å²) in [4.78, 5) is 0. The summed E-state index contributed by atoms with van der Waals surface area (Å²) in [7, 11) is 0. The Kier molecular flexibility index (Phi) is 5.38. The largest absolute Gasteiger partial charge is 0.494 e. The summed E-state index contributed by atoms with van der Waals surface area (Å²) in [5, 5.41) is 26.5. The van der Waals surface area contributed by atoms with E-state index >= 15 is 0 Å². The summed E-state index contributed by atoms with van der Waals surface area (Å²) >= 11 is 0. The normalized spacial score (nSPS) is 9.80. The van der Waals surface area contributed by atoms with Crippen LogP contribution in [0.15, 0.2) is 41.1 Å². The van der Waals surface area contributed by atoms with Crippen LogP contribution in [0.3, 0.4) is 0 Å². The van der Waals surface area contributed by atoms with E-state index in [0.717, 1.165) is 11.3 Å². The molecule has 2 N–H and O–H groups in total. The van der Waals surface area contributed by atoms with Gasteiger partial charge in [0.1, 0.15) is 24.0 Å². The zero-order valence-corrected chi connectivity index (χ0v) is 10.9. The quantitative estimate of drug-likeness (QED) is 0.663. The van der Waals surface area contributed by atoms with Gasteiger partial charge in [0.25, 0.3) is 0 Å². The Labute approximate surface area is 117 Å². The van der Waals surface area contributed by atoms with E-state index in [1.54, 1.807) is 36.4 Å². The molecule has 0 radical (unpaired) electrons. The number of nitrogens with two attached hydrogens (primary N) is 1. The molecule has 0 atom stereocenters. The molecule has 0 saturated carbocycles. The van der Waals surface area contributed by atoms with Crippen molar-refractivity contribution in [2.24, 2.45) is 5.73 Å². The highest BCUT2D eigenvalue weighted by molar-refractivity contribution is 5.66. The first-order valence-electron chi connectivity index (χ1n) is 5.81. The number of nitrogens with zero attached hydrogens (tertiary/aromatic N) is 3. The van der Waals surface area contributed by atoms with Gasteiger partial charge in [0.05, 0.1) is 17.9 Å². The van der Waals surface area contributed by atoms with E-state index in [-0.39, 0.29) is 16.8 Å². The van der Waals surface area contributed by atoms with Crippen LogP contribution in [0.1, 0.15) is 12.5 Å². The molecule has 0 saturated heterocycles. The van der Waals surface area contributed by atoms with Crippen molar-refractivity contribution < 1.29 is 4.74 Å². The van der Waals surface area contributed by atoms with Crippen LogP contribution < -0.4 is 10.5 Å². The molecule has 1 aromatic carbocycles. The number of benzene rings is 1. The maximum absolute atomic E-state index is 9.06. The van der Waals surface area contributed by atoms with Gasteiger partial charge in [-0.3, -0.25) is 0 Å². The second-order valence-electron chi connectivity index (χ2n) is 3.68. The van der Waals surface area contributed by atoms with Crippen molar-refractivity contribution in [3.8, 4) is 24.0 Å². The van der Waals surface area contributed by atoms with Crippen LogP contribution in [-0.4, -0.2) is 6.61 Å². The molecular formula is C15H12N4O. The molecule has 0 aliphatic carbocycles. The molecule has 0 heterocycles. The smallest absolute Gasteiger partial charge is 0.153 e. The monoisotopic (exact) mass is 264 g/mol. The lowest BCUT2D eigenvalue weighted by atomic mass is 10.1. The summed E-state index contributed by atoms with van der Waals surface area (Å²) in [5.74, 6) is 0.724. The molecule has 0 aromatic heterocycles. The molecule has 1 aromatic rings. The van der Waals surface area contributed by atoms with E-state index < -0.39 is 0 Å². The Balaban J connectivity index is 3.14. The molecule has 0 fully saturated rings. The molecule has 0 aliphatic heterocycles. The van der Waals surface area contributed by atoms with Gasteiger partial charge in [0, 0.05) is 0 Å². The minimum absolute atomic E-state index is 0.0762. The van der Waals surface area contributed by atoms with Crippen molar-refractivity contribution in [1.82, 2.24) is 0 Å². The van der Waals surface area contributed by atoms with Crippen LogP contribution in [0.4, 0.5) is 0 Å². The fourth-order valence-electron chi connectivity index (χ4n) is 1.44. The third kappa shape index (κ3) is 3.63. The number of hydrogen-bond donors (Lipinski definition) is 1. The highest BCUT2D eigenvalue weighted by atomic mass is 16.5. The fourth-order valence-corrected chi connectivity index (χ4v) is 1.44. The second kappa shape index (κ2) is 7.26. The predicted molar refractivity (Wildman–Crippen MR) is 73.6 cm³/mol. The maximum atomic E-state index is 9.06. The van der Waals surface area contributed by atoms with Gasteiger partial charge in [-0.25, -0.2) is 0 Å². The van der Waals surface area contributed by atoms with Crippen LogP contribution in [0, 0.1) is 34.0 Å². The van der Waals surface area contributed by atoms with Gasteiger partial charge >= 0.3 is 0 Å². The average Bonchev–Trinajstić information content (AvgIpc) is 2.48. The molecule has 0 spiro atoms. The third-order valence-electron chi connectivity index (χ3n) is 2.41. The van der Waals surface area contributed by atoms with Crippen LogP contribution in [-0.2, 0) is 0 Å². The van der Waals surface area contributed by atoms with Gasteiger partial charge in [-0.2, -0.15) is 15.8 Å². The van der Waals surface area contributed by atoms with Gasteiger partial charge in [-0.15, -0.1) is 0 Å². The van der Waals surface area contributed by atoms with Gasteiger partial charge in [-0.1, -0.05) is 12.1 Å². The van der Waals surface area contributed by atoms with E-state index in [9.17, 15) is 0 Å². The van der Waals surface area contributed by atoms with Crippen molar-refractivity contribution in [2.45, 2.75) is 6.92 Å².